The number of carbonyl (C=O) groups is 1. The zero-order chi connectivity index (χ0) is 17.1. The molecule has 4 nitrogen and oxygen atoms in total. The highest BCUT2D eigenvalue weighted by Gasteiger charge is 2.22. The highest BCUT2D eigenvalue weighted by molar-refractivity contribution is 8.00. The van der Waals surface area contributed by atoms with Crippen LogP contribution >= 0.6 is 23.1 Å². The fraction of sp³-hybridized carbons (Fsp3) is 0.278. The van der Waals surface area contributed by atoms with Crippen molar-refractivity contribution in [1.29, 1.82) is 0 Å². The lowest BCUT2D eigenvalue weighted by Crippen LogP contribution is -2.17. The molecule has 3 rings (SSSR count). The van der Waals surface area contributed by atoms with Crippen molar-refractivity contribution >= 4 is 39.3 Å². The van der Waals surface area contributed by atoms with Gasteiger partial charge in [0.1, 0.15) is 21.4 Å². The summed E-state index contributed by atoms with van der Waals surface area (Å²) >= 11 is 3.04. The summed E-state index contributed by atoms with van der Waals surface area (Å²) in [7, 11) is 1.42. The monoisotopic (exact) mass is 358 g/mol. The van der Waals surface area contributed by atoms with E-state index in [1.165, 1.54) is 24.4 Å². The van der Waals surface area contributed by atoms with Crippen LogP contribution in [0.3, 0.4) is 0 Å². The molecular formula is C18H18N2O2S2. The number of fused-ring (bicyclic) bond motifs is 1. The average Bonchev–Trinajstić information content (AvgIpc) is 3.04. The SMILES string of the molecule is CC[C@H](Sc1ncnc2scc(-c3ccc(C)cc3)c12)C(=O)OC. The molecule has 0 amide bonds. The van der Waals surface area contributed by atoms with Gasteiger partial charge >= 0.3 is 5.97 Å². The largest absolute Gasteiger partial charge is 0.468 e. The third-order valence-corrected chi connectivity index (χ3v) is 6.02. The van der Waals surface area contributed by atoms with Crippen LogP contribution in [-0.4, -0.2) is 28.3 Å². The van der Waals surface area contributed by atoms with Gasteiger partial charge in [0.25, 0.3) is 0 Å². The molecule has 1 atom stereocenters. The Kier molecular flexibility index (Phi) is 5.16. The van der Waals surface area contributed by atoms with E-state index in [1.54, 1.807) is 17.7 Å². The Bertz CT molecular complexity index is 859. The molecule has 0 radical (unpaired) electrons. The fourth-order valence-corrected chi connectivity index (χ4v) is 4.49. The molecule has 0 bridgehead atoms. The van der Waals surface area contributed by atoms with Crippen LogP contribution < -0.4 is 0 Å². The van der Waals surface area contributed by atoms with Crippen LogP contribution in [0.1, 0.15) is 18.9 Å². The Morgan fingerprint density at radius 1 is 1.29 bits per heavy atom. The molecule has 0 aliphatic carbocycles. The summed E-state index contributed by atoms with van der Waals surface area (Å²) in [5, 5.41) is 3.68. The second-order valence-corrected chi connectivity index (χ2v) is 7.46. The maximum absolute atomic E-state index is 11.9. The van der Waals surface area contributed by atoms with Crippen LogP contribution in [-0.2, 0) is 9.53 Å². The number of thiophene rings is 1. The third-order valence-electron chi connectivity index (χ3n) is 3.79. The van der Waals surface area contributed by atoms with Gasteiger partial charge in [0, 0.05) is 10.9 Å². The zero-order valence-corrected chi connectivity index (χ0v) is 15.4. The summed E-state index contributed by atoms with van der Waals surface area (Å²) in [5.41, 5.74) is 3.47. The van der Waals surface area contributed by atoms with Gasteiger partial charge in [0.05, 0.1) is 12.5 Å². The minimum Gasteiger partial charge on any atom is -0.468 e. The lowest BCUT2D eigenvalue weighted by atomic mass is 10.1. The summed E-state index contributed by atoms with van der Waals surface area (Å²) in [5.74, 6) is -0.221. The van der Waals surface area contributed by atoms with Gasteiger partial charge in [-0.3, -0.25) is 4.79 Å². The van der Waals surface area contributed by atoms with Crippen LogP contribution in [0.2, 0.25) is 0 Å². The van der Waals surface area contributed by atoms with Gasteiger partial charge in [0.2, 0.25) is 0 Å². The molecule has 6 heteroatoms. The standard InChI is InChI=1S/C18H18N2O2S2/c1-4-14(18(21)22-3)24-17-15-13(9-23-16(15)19-10-20-17)12-7-5-11(2)6-8-12/h5-10,14H,4H2,1-3H3/t14-/m0/s1. The molecule has 0 saturated heterocycles. The number of methoxy groups -OCH3 is 1. The number of nitrogens with zero attached hydrogens (tertiary/aromatic N) is 2. The number of rotatable bonds is 5. The van der Waals surface area contributed by atoms with Crippen molar-refractivity contribution in [2.24, 2.45) is 0 Å². The number of aromatic nitrogens is 2. The van der Waals surface area contributed by atoms with Gasteiger partial charge in [-0.2, -0.15) is 0 Å². The van der Waals surface area contributed by atoms with Crippen molar-refractivity contribution in [3.63, 3.8) is 0 Å². The van der Waals surface area contributed by atoms with E-state index in [2.05, 4.69) is 46.5 Å². The smallest absolute Gasteiger partial charge is 0.319 e. The molecule has 124 valence electrons. The molecule has 0 spiro atoms. The summed E-state index contributed by atoms with van der Waals surface area (Å²) in [4.78, 5) is 21.7. The van der Waals surface area contributed by atoms with E-state index < -0.39 is 0 Å². The highest BCUT2D eigenvalue weighted by atomic mass is 32.2. The number of hydrogen-bond acceptors (Lipinski definition) is 6. The van der Waals surface area contributed by atoms with Crippen molar-refractivity contribution in [3.05, 3.63) is 41.5 Å². The molecule has 0 fully saturated rings. The van der Waals surface area contributed by atoms with Gasteiger partial charge in [0.15, 0.2) is 0 Å². The first-order chi connectivity index (χ1) is 11.6. The molecule has 0 aliphatic heterocycles. The molecule has 3 aromatic rings. The predicted molar refractivity (Wildman–Crippen MR) is 99.5 cm³/mol. The normalized spacial score (nSPS) is 12.3. The van der Waals surface area contributed by atoms with E-state index in [-0.39, 0.29) is 11.2 Å². The number of benzene rings is 1. The number of ether oxygens (including phenoxy) is 1. The quantitative estimate of drug-likeness (QED) is 0.375. The number of thioether (sulfide) groups is 1. The van der Waals surface area contributed by atoms with Crippen molar-refractivity contribution in [3.8, 4) is 11.1 Å². The van der Waals surface area contributed by atoms with Crippen LogP contribution in [0.5, 0.6) is 0 Å². The Morgan fingerprint density at radius 2 is 2.04 bits per heavy atom. The first-order valence-corrected chi connectivity index (χ1v) is 9.43. The van der Waals surface area contributed by atoms with Gasteiger partial charge in [-0.25, -0.2) is 9.97 Å². The Morgan fingerprint density at radius 3 is 2.71 bits per heavy atom. The van der Waals surface area contributed by atoms with Crippen molar-refractivity contribution < 1.29 is 9.53 Å². The van der Waals surface area contributed by atoms with E-state index in [9.17, 15) is 4.79 Å². The number of hydrogen-bond donors (Lipinski definition) is 0. The minimum absolute atomic E-state index is 0.221. The Hall–Kier alpha value is -1.92. The molecule has 2 aromatic heterocycles. The van der Waals surface area contributed by atoms with E-state index in [4.69, 9.17) is 4.74 Å². The first kappa shape index (κ1) is 16.9. The van der Waals surface area contributed by atoms with Crippen LogP contribution in [0.4, 0.5) is 0 Å². The Balaban J connectivity index is 2.07. The summed E-state index contributed by atoms with van der Waals surface area (Å²) in [6, 6.07) is 8.41. The van der Waals surface area contributed by atoms with Crippen LogP contribution in [0.25, 0.3) is 21.3 Å². The topological polar surface area (TPSA) is 52.1 Å². The fourth-order valence-electron chi connectivity index (χ4n) is 2.45. The van der Waals surface area contributed by atoms with E-state index in [0.29, 0.717) is 6.42 Å². The average molecular weight is 358 g/mol. The molecule has 0 unspecified atom stereocenters. The van der Waals surface area contributed by atoms with Crippen molar-refractivity contribution in [2.75, 3.05) is 7.11 Å². The molecule has 0 saturated carbocycles. The molecule has 1 aromatic carbocycles. The number of aryl methyl sites for hydroxylation is 1. The maximum Gasteiger partial charge on any atom is 0.319 e. The van der Waals surface area contributed by atoms with Crippen molar-refractivity contribution in [1.82, 2.24) is 9.97 Å². The van der Waals surface area contributed by atoms with Gasteiger partial charge in [-0.1, -0.05) is 48.5 Å². The summed E-state index contributed by atoms with van der Waals surface area (Å²) in [6.45, 7) is 4.05. The van der Waals surface area contributed by atoms with E-state index >= 15 is 0 Å². The third kappa shape index (κ3) is 3.30. The lowest BCUT2D eigenvalue weighted by molar-refractivity contribution is -0.140. The minimum atomic E-state index is -0.265. The Labute approximate surface area is 149 Å². The number of esters is 1. The van der Waals surface area contributed by atoms with E-state index in [1.807, 2.05) is 6.92 Å². The first-order valence-electron chi connectivity index (χ1n) is 7.67. The van der Waals surface area contributed by atoms with Gasteiger partial charge in [-0.15, -0.1) is 11.3 Å². The highest BCUT2D eigenvalue weighted by Crippen LogP contribution is 2.39. The lowest BCUT2D eigenvalue weighted by Gasteiger charge is -2.12. The number of carbonyl (C=O) groups excluding carboxylic acids is 1. The second-order valence-electron chi connectivity index (χ2n) is 5.41. The van der Waals surface area contributed by atoms with Crippen LogP contribution in [0, 0.1) is 6.92 Å². The maximum atomic E-state index is 11.9. The molecular weight excluding hydrogens is 340 g/mol. The second kappa shape index (κ2) is 7.32. The van der Waals surface area contributed by atoms with Gasteiger partial charge < -0.3 is 4.74 Å². The van der Waals surface area contributed by atoms with Gasteiger partial charge in [-0.05, 0) is 18.9 Å². The summed E-state index contributed by atoms with van der Waals surface area (Å²) < 4.78 is 4.90. The predicted octanol–water partition coefficient (Wildman–Crippen LogP) is 4.71. The molecule has 2 heterocycles. The summed E-state index contributed by atoms with van der Waals surface area (Å²) in [6.07, 6.45) is 2.25. The van der Waals surface area contributed by atoms with Crippen LogP contribution in [0.15, 0.2) is 41.0 Å². The van der Waals surface area contributed by atoms with E-state index in [0.717, 1.165) is 26.4 Å². The molecule has 24 heavy (non-hydrogen) atoms. The van der Waals surface area contributed by atoms with Crippen molar-refractivity contribution in [2.45, 2.75) is 30.5 Å². The zero-order valence-electron chi connectivity index (χ0n) is 13.8. The molecule has 0 aliphatic rings. The molecule has 0 N–H and O–H groups in total.